The Labute approximate surface area is 424 Å². The number of rotatable bonds is 17. The van der Waals surface area contributed by atoms with Crippen LogP contribution in [-0.4, -0.2) is 165 Å². The molecular formula is C39H78Cl2N18O8S2. The Morgan fingerprint density at radius 1 is 0.478 bits per heavy atom. The number of azo groups is 3. The summed E-state index contributed by atoms with van der Waals surface area (Å²) in [6.07, 6.45) is 0. The van der Waals surface area contributed by atoms with Crippen molar-refractivity contribution in [2.24, 2.45) is 60.6 Å². The van der Waals surface area contributed by atoms with Gasteiger partial charge in [0.2, 0.25) is 0 Å². The molecule has 6 aliphatic heterocycles. The van der Waals surface area contributed by atoms with E-state index in [-0.39, 0.29) is 32.2 Å². The number of hydrogen-bond donors (Lipinski definition) is 8. The molecule has 0 saturated heterocycles. The highest BCUT2D eigenvalue weighted by atomic mass is 35.5. The molecule has 6 aliphatic rings. The molecule has 4 unspecified atom stereocenters. The van der Waals surface area contributed by atoms with Gasteiger partial charge in [0.1, 0.15) is 68.2 Å². The Morgan fingerprint density at radius 2 is 0.739 bits per heavy atom. The molecular weight excluding hydrogens is 984 g/mol. The van der Waals surface area contributed by atoms with Crippen molar-refractivity contribution in [3.63, 3.8) is 0 Å². The van der Waals surface area contributed by atoms with E-state index >= 15 is 0 Å². The number of nitrogens with one attached hydrogen (secondary N) is 6. The first-order valence-electron chi connectivity index (χ1n) is 21.7. The fraction of sp³-hybridized carbons (Fsp3) is 0.846. The molecule has 0 amide bonds. The van der Waals surface area contributed by atoms with E-state index in [0.717, 1.165) is 100 Å². The number of nitrogens with zero attached hydrogens (tertiary/aromatic N) is 12. The minimum Gasteiger partial charge on any atom is -0.370 e. The second kappa shape index (κ2) is 28.9. The van der Waals surface area contributed by atoms with Gasteiger partial charge in [0.05, 0.1) is 39.3 Å². The lowest BCUT2D eigenvalue weighted by atomic mass is 10.0. The number of hydrogen-bond acceptors (Lipinski definition) is 26. The third kappa shape index (κ3) is 21.3. The summed E-state index contributed by atoms with van der Waals surface area (Å²) in [5.74, 6) is 5.51. The summed E-state index contributed by atoms with van der Waals surface area (Å²) in [4.78, 5) is 26.7. The maximum absolute atomic E-state index is 10.0. The van der Waals surface area contributed by atoms with Gasteiger partial charge in [-0.1, -0.05) is 16.8 Å². The summed E-state index contributed by atoms with van der Waals surface area (Å²) in [7, 11) is 0. The molecule has 6 heterocycles. The third-order valence-electron chi connectivity index (χ3n) is 9.89. The predicted octanol–water partition coefficient (Wildman–Crippen LogP) is 4.33. The fourth-order valence-electron chi connectivity index (χ4n) is 6.20. The maximum atomic E-state index is 10.0. The van der Waals surface area contributed by atoms with Crippen LogP contribution < -0.4 is 31.9 Å². The van der Waals surface area contributed by atoms with Crippen molar-refractivity contribution in [2.75, 3.05) is 65.4 Å². The quantitative estimate of drug-likeness (QED) is 0.0572. The smallest absolute Gasteiger partial charge is 0.351 e. The number of halogens is 2. The van der Waals surface area contributed by atoms with Crippen molar-refractivity contribution in [1.82, 2.24) is 31.9 Å². The SMILES string of the molecule is C.CC(C)(N=NC(C)(C)C1=NCCN1)C1=NCCN1.CC(C)(N=NC(C)(C)C1=NCCN1)C1=NCCN1.CC1CN=C(C(C)(C)N=NC(C)(C)C2=NCC(C)N2)N1.Cl.Cl.O=S(OO)OS(=O)OOO. The molecule has 8 N–H and O–H groups in total. The van der Waals surface area contributed by atoms with Gasteiger partial charge in [0, 0.05) is 38.3 Å². The van der Waals surface area contributed by atoms with E-state index in [2.05, 4.69) is 124 Å². The van der Waals surface area contributed by atoms with E-state index < -0.39 is 56.0 Å². The zero-order valence-corrected chi connectivity index (χ0v) is 44.8. The molecule has 0 fully saturated rings. The van der Waals surface area contributed by atoms with Crippen LogP contribution in [0.15, 0.2) is 60.6 Å². The summed E-state index contributed by atoms with van der Waals surface area (Å²) in [5.41, 5.74) is -2.43. The van der Waals surface area contributed by atoms with Crippen LogP contribution >= 0.6 is 24.8 Å². The Kier molecular flexibility index (Phi) is 27.4. The average molecular weight is 1060 g/mol. The highest BCUT2D eigenvalue weighted by molar-refractivity contribution is 7.88. The van der Waals surface area contributed by atoms with E-state index in [1.165, 1.54) is 0 Å². The maximum Gasteiger partial charge on any atom is 0.351 e. The first-order valence-corrected chi connectivity index (χ1v) is 23.7. The molecule has 4 atom stereocenters. The van der Waals surface area contributed by atoms with Gasteiger partial charge in [-0.15, -0.1) is 32.8 Å². The van der Waals surface area contributed by atoms with E-state index in [0.29, 0.717) is 12.1 Å². The fourth-order valence-corrected chi connectivity index (χ4v) is 6.81. The van der Waals surface area contributed by atoms with Crippen LogP contribution in [0.2, 0.25) is 0 Å². The third-order valence-corrected chi connectivity index (χ3v) is 11.1. The van der Waals surface area contributed by atoms with Crippen molar-refractivity contribution in [3.05, 3.63) is 0 Å². The van der Waals surface area contributed by atoms with Crippen molar-refractivity contribution >= 4 is 82.6 Å². The second-order valence-corrected chi connectivity index (χ2v) is 20.4. The van der Waals surface area contributed by atoms with Gasteiger partial charge in [-0.2, -0.15) is 39.1 Å². The Morgan fingerprint density at radius 3 is 0.928 bits per heavy atom. The predicted molar refractivity (Wildman–Crippen MR) is 277 cm³/mol. The van der Waals surface area contributed by atoms with Crippen LogP contribution in [0, 0.1) is 0 Å². The van der Waals surface area contributed by atoms with Crippen LogP contribution in [0.5, 0.6) is 0 Å². The molecule has 0 aromatic heterocycles. The first kappa shape index (κ1) is 65.3. The Balaban J connectivity index is 0.000000902. The summed E-state index contributed by atoms with van der Waals surface area (Å²) >= 11 is -5.23. The highest BCUT2D eigenvalue weighted by Crippen LogP contribution is 2.23. The Hall–Kier alpha value is -3.74. The molecule has 0 aromatic rings. The van der Waals surface area contributed by atoms with Crippen molar-refractivity contribution in [1.29, 1.82) is 0 Å². The van der Waals surface area contributed by atoms with Gasteiger partial charge in [-0.25, -0.2) is 10.5 Å². The zero-order chi connectivity index (χ0) is 49.4. The molecule has 30 heteroatoms. The normalized spacial score (nSPS) is 21.1. The van der Waals surface area contributed by atoms with Gasteiger partial charge < -0.3 is 31.9 Å². The molecule has 0 aliphatic carbocycles. The Bertz CT molecular complexity index is 1780. The molecule has 0 bridgehead atoms. The average Bonchev–Trinajstić information content (AvgIpc) is 4.10. The van der Waals surface area contributed by atoms with E-state index in [1.54, 1.807) is 0 Å². The highest BCUT2D eigenvalue weighted by Gasteiger charge is 2.35. The van der Waals surface area contributed by atoms with E-state index in [4.69, 9.17) is 10.5 Å². The molecule has 0 spiro atoms. The van der Waals surface area contributed by atoms with Crippen molar-refractivity contribution in [2.45, 2.75) is 150 Å². The number of amidine groups is 6. The zero-order valence-electron chi connectivity index (χ0n) is 41.6. The summed E-state index contributed by atoms with van der Waals surface area (Å²) in [5, 5.41) is 64.4. The van der Waals surface area contributed by atoms with Crippen molar-refractivity contribution < 1.29 is 36.3 Å². The van der Waals surface area contributed by atoms with E-state index in [9.17, 15) is 8.42 Å². The lowest BCUT2D eigenvalue weighted by Crippen LogP contribution is -2.43. The minimum atomic E-state index is -2.62. The molecule has 0 radical (unpaired) electrons. The molecule has 0 aromatic carbocycles. The first-order chi connectivity index (χ1) is 30.7. The topological polar surface area (TPSA) is 332 Å². The molecule has 0 saturated carbocycles. The summed E-state index contributed by atoms with van der Waals surface area (Å²) in [6.45, 7) is 37.0. The number of aliphatic imine (C=N–C) groups is 6. The standard InChI is InChI=1S/C14H26N6.2C12H22N6.CH4.2ClH.H2O8S2/c1-9-7-15-11(17-9)13(3,4)19-20-14(5,6)12-16-8-10(2)18-12;2*1-11(2,9-13-5-6-14-9)17-18-12(3,4)10-15-7-8-16-10;;;;1-5-7-10(4)8-9(3)6-2/h9-10H,7-8H2,1-6H3,(H,15,17)(H,16,18);2*5-8H2,1-4H3,(H,13,14)(H,15,16);1H4;2*1H;1-2H. The summed E-state index contributed by atoms with van der Waals surface area (Å²) in [6, 6.07) is 0.767. The molecule has 69 heavy (non-hydrogen) atoms. The van der Waals surface area contributed by atoms with Crippen LogP contribution in [0.1, 0.15) is 104 Å². The monoisotopic (exact) mass is 1060 g/mol. The molecule has 6 rings (SSSR count). The van der Waals surface area contributed by atoms with Gasteiger partial charge in [0.15, 0.2) is 0 Å². The van der Waals surface area contributed by atoms with Crippen LogP contribution in [0.25, 0.3) is 0 Å². The van der Waals surface area contributed by atoms with Crippen molar-refractivity contribution in [3.8, 4) is 0 Å². The molecule has 26 nitrogen and oxygen atoms in total. The van der Waals surface area contributed by atoms with Crippen LogP contribution in [0.4, 0.5) is 0 Å². The van der Waals surface area contributed by atoms with Crippen LogP contribution in [-0.2, 0) is 40.1 Å². The van der Waals surface area contributed by atoms with Gasteiger partial charge in [-0.3, -0.25) is 30.0 Å². The lowest BCUT2D eigenvalue weighted by Gasteiger charge is -2.24. The van der Waals surface area contributed by atoms with Crippen LogP contribution in [0.3, 0.4) is 0 Å². The molecule has 398 valence electrons. The summed E-state index contributed by atoms with van der Waals surface area (Å²) < 4.78 is 29.9. The van der Waals surface area contributed by atoms with Gasteiger partial charge >= 0.3 is 22.7 Å². The largest absolute Gasteiger partial charge is 0.370 e. The minimum absolute atomic E-state index is 0. The second-order valence-electron chi connectivity index (χ2n) is 18.7. The lowest BCUT2D eigenvalue weighted by molar-refractivity contribution is -0.436. The van der Waals surface area contributed by atoms with Gasteiger partial charge in [0.25, 0.3) is 0 Å². The van der Waals surface area contributed by atoms with Gasteiger partial charge in [-0.05, 0) is 96.9 Å². The van der Waals surface area contributed by atoms with E-state index in [1.807, 2.05) is 83.1 Å².